The molecule has 0 aromatic carbocycles. The summed E-state index contributed by atoms with van der Waals surface area (Å²) >= 11 is 1.74. The number of nitrogens with zero attached hydrogens (tertiary/aromatic N) is 3. The third kappa shape index (κ3) is 4.19. The SMILES string of the molecule is CCOC(=O)[C@@H]1CCCN(C(=O)C(=O)Nc2c3c(nn2C(C)(C)C)CSC3)C1. The number of carbonyl (C=O) groups excluding carboxylic acids is 3. The number of nitrogens with one attached hydrogen (secondary N) is 1. The predicted molar refractivity (Wildman–Crippen MR) is 107 cm³/mol. The van der Waals surface area contributed by atoms with E-state index >= 15 is 0 Å². The largest absolute Gasteiger partial charge is 0.466 e. The Hall–Kier alpha value is -2.03. The van der Waals surface area contributed by atoms with Gasteiger partial charge in [-0.3, -0.25) is 14.4 Å². The number of likely N-dealkylation sites (tertiary alicyclic amines) is 1. The van der Waals surface area contributed by atoms with Crippen LogP contribution in [0.25, 0.3) is 0 Å². The second-order valence-corrected chi connectivity index (χ2v) is 9.13. The molecule has 0 saturated carbocycles. The van der Waals surface area contributed by atoms with Crippen LogP contribution in [-0.2, 0) is 36.2 Å². The molecule has 0 unspecified atom stereocenters. The zero-order chi connectivity index (χ0) is 20.5. The molecule has 0 bridgehead atoms. The fourth-order valence-corrected chi connectivity index (χ4v) is 4.58. The van der Waals surface area contributed by atoms with Crippen LogP contribution < -0.4 is 5.32 Å². The third-order valence-corrected chi connectivity index (χ3v) is 5.91. The molecule has 1 atom stereocenters. The average Bonchev–Trinajstić information content (AvgIpc) is 3.23. The summed E-state index contributed by atoms with van der Waals surface area (Å²) in [4.78, 5) is 38.9. The highest BCUT2D eigenvalue weighted by Crippen LogP contribution is 2.37. The van der Waals surface area contributed by atoms with Gasteiger partial charge in [-0.1, -0.05) is 0 Å². The molecule has 28 heavy (non-hydrogen) atoms. The summed E-state index contributed by atoms with van der Waals surface area (Å²) in [7, 11) is 0. The van der Waals surface area contributed by atoms with Crippen molar-refractivity contribution < 1.29 is 19.1 Å². The standard InChI is InChI=1S/C19H28N4O4S/c1-5-27-18(26)12-7-6-8-22(9-12)17(25)16(24)20-15-13-10-28-11-14(13)21-23(15)19(2,3)4/h12H,5-11H2,1-4H3,(H,20,24)/t12-/m1/s1. The van der Waals surface area contributed by atoms with Crippen LogP contribution in [-0.4, -0.2) is 52.2 Å². The number of hydrogen-bond acceptors (Lipinski definition) is 6. The Balaban J connectivity index is 1.73. The van der Waals surface area contributed by atoms with Gasteiger partial charge in [0.2, 0.25) is 0 Å². The molecule has 8 nitrogen and oxygen atoms in total. The number of anilines is 1. The van der Waals surface area contributed by atoms with Crippen molar-refractivity contribution >= 4 is 35.4 Å². The van der Waals surface area contributed by atoms with Gasteiger partial charge >= 0.3 is 17.8 Å². The van der Waals surface area contributed by atoms with E-state index in [2.05, 4.69) is 10.4 Å². The number of ether oxygens (including phenoxy) is 1. The molecule has 1 fully saturated rings. The van der Waals surface area contributed by atoms with E-state index in [0.717, 1.165) is 22.8 Å². The molecule has 1 N–H and O–H groups in total. The Kier molecular flexibility index (Phi) is 6.02. The minimum Gasteiger partial charge on any atom is -0.466 e. The second kappa shape index (κ2) is 8.14. The van der Waals surface area contributed by atoms with Crippen LogP contribution in [0.4, 0.5) is 5.82 Å². The van der Waals surface area contributed by atoms with Crippen LogP contribution >= 0.6 is 11.8 Å². The maximum Gasteiger partial charge on any atom is 0.315 e. The number of piperidine rings is 1. The highest BCUT2D eigenvalue weighted by Gasteiger charge is 2.34. The van der Waals surface area contributed by atoms with Crippen molar-refractivity contribution in [3.05, 3.63) is 11.3 Å². The molecule has 1 aromatic rings. The van der Waals surface area contributed by atoms with Crippen LogP contribution in [0.3, 0.4) is 0 Å². The first-order valence-corrected chi connectivity index (χ1v) is 10.8. The van der Waals surface area contributed by atoms with Crippen molar-refractivity contribution in [1.29, 1.82) is 0 Å². The molecule has 3 heterocycles. The zero-order valence-corrected chi connectivity index (χ0v) is 17.7. The van der Waals surface area contributed by atoms with Crippen molar-refractivity contribution in [2.75, 3.05) is 25.0 Å². The monoisotopic (exact) mass is 408 g/mol. The molecule has 0 spiro atoms. The van der Waals surface area contributed by atoms with E-state index in [-0.39, 0.29) is 24.0 Å². The van der Waals surface area contributed by atoms with E-state index in [0.29, 0.717) is 31.8 Å². The normalized spacial score (nSPS) is 19.3. The Morgan fingerprint density at radius 1 is 1.29 bits per heavy atom. The lowest BCUT2D eigenvalue weighted by molar-refractivity contribution is -0.153. The topological polar surface area (TPSA) is 93.5 Å². The van der Waals surface area contributed by atoms with Gasteiger partial charge in [-0.05, 0) is 40.5 Å². The lowest BCUT2D eigenvalue weighted by atomic mass is 9.98. The smallest absolute Gasteiger partial charge is 0.315 e. The van der Waals surface area contributed by atoms with Crippen LogP contribution in [0.2, 0.25) is 0 Å². The van der Waals surface area contributed by atoms with Crippen LogP contribution in [0.1, 0.15) is 51.8 Å². The number of fused-ring (bicyclic) bond motifs is 1. The molecule has 2 aliphatic heterocycles. The number of hydrogen-bond donors (Lipinski definition) is 1. The molecule has 9 heteroatoms. The summed E-state index contributed by atoms with van der Waals surface area (Å²) in [6, 6.07) is 0. The Morgan fingerprint density at radius 2 is 2.04 bits per heavy atom. The Morgan fingerprint density at radius 3 is 2.71 bits per heavy atom. The molecule has 1 aromatic heterocycles. The predicted octanol–water partition coefficient (Wildman–Crippen LogP) is 2.13. The van der Waals surface area contributed by atoms with Gasteiger partial charge in [0.25, 0.3) is 0 Å². The van der Waals surface area contributed by atoms with Gasteiger partial charge in [-0.2, -0.15) is 16.9 Å². The minimum atomic E-state index is -0.686. The fourth-order valence-electron chi connectivity index (χ4n) is 3.55. The number of thioether (sulfide) groups is 1. The van der Waals surface area contributed by atoms with Gasteiger partial charge in [-0.15, -0.1) is 0 Å². The van der Waals surface area contributed by atoms with Crippen molar-refractivity contribution in [2.45, 2.75) is 57.6 Å². The summed E-state index contributed by atoms with van der Waals surface area (Å²) in [5, 5.41) is 7.44. The number of aromatic nitrogens is 2. The first-order chi connectivity index (χ1) is 13.2. The molecule has 2 aliphatic rings. The van der Waals surface area contributed by atoms with E-state index < -0.39 is 11.8 Å². The second-order valence-electron chi connectivity index (χ2n) is 8.15. The van der Waals surface area contributed by atoms with Gasteiger partial charge in [0, 0.05) is 30.2 Å². The molecule has 1 saturated heterocycles. The first-order valence-electron chi connectivity index (χ1n) is 9.68. The molecule has 2 amide bonds. The molecule has 154 valence electrons. The van der Waals surface area contributed by atoms with E-state index in [4.69, 9.17) is 4.74 Å². The number of rotatable bonds is 3. The van der Waals surface area contributed by atoms with Gasteiger partial charge in [0.05, 0.1) is 23.8 Å². The molecular weight excluding hydrogens is 380 g/mol. The van der Waals surface area contributed by atoms with Crippen molar-refractivity contribution in [1.82, 2.24) is 14.7 Å². The molecule has 0 aliphatic carbocycles. The number of esters is 1. The van der Waals surface area contributed by atoms with Crippen molar-refractivity contribution in [3.8, 4) is 0 Å². The summed E-state index contributed by atoms with van der Waals surface area (Å²) < 4.78 is 6.86. The van der Waals surface area contributed by atoms with Gasteiger partial charge in [-0.25, -0.2) is 4.68 Å². The maximum atomic E-state index is 12.7. The van der Waals surface area contributed by atoms with E-state index in [1.54, 1.807) is 23.4 Å². The number of carbonyl (C=O) groups is 3. The van der Waals surface area contributed by atoms with Crippen LogP contribution in [0.15, 0.2) is 0 Å². The zero-order valence-electron chi connectivity index (χ0n) is 16.9. The lowest BCUT2D eigenvalue weighted by Gasteiger charge is -2.31. The highest BCUT2D eigenvalue weighted by atomic mass is 32.2. The lowest BCUT2D eigenvalue weighted by Crippen LogP contribution is -2.47. The number of amides is 2. The Bertz CT molecular complexity index is 784. The van der Waals surface area contributed by atoms with Crippen LogP contribution in [0, 0.1) is 5.92 Å². The molecule has 0 radical (unpaired) electrons. The third-order valence-electron chi connectivity index (χ3n) is 4.94. The van der Waals surface area contributed by atoms with E-state index in [1.807, 2.05) is 20.8 Å². The average molecular weight is 409 g/mol. The van der Waals surface area contributed by atoms with Gasteiger partial charge in [0.1, 0.15) is 5.82 Å². The van der Waals surface area contributed by atoms with E-state index in [1.165, 1.54) is 4.90 Å². The quantitative estimate of drug-likeness (QED) is 0.608. The van der Waals surface area contributed by atoms with Crippen molar-refractivity contribution in [3.63, 3.8) is 0 Å². The van der Waals surface area contributed by atoms with Crippen LogP contribution in [0.5, 0.6) is 0 Å². The van der Waals surface area contributed by atoms with Gasteiger partial charge < -0.3 is 15.0 Å². The van der Waals surface area contributed by atoms with Crippen molar-refractivity contribution in [2.24, 2.45) is 5.92 Å². The fraction of sp³-hybridized carbons (Fsp3) is 0.684. The summed E-state index contributed by atoms with van der Waals surface area (Å²) in [6.45, 7) is 8.78. The minimum absolute atomic E-state index is 0.220. The van der Waals surface area contributed by atoms with E-state index in [9.17, 15) is 14.4 Å². The highest BCUT2D eigenvalue weighted by molar-refractivity contribution is 7.98. The Labute approximate surface area is 169 Å². The maximum absolute atomic E-state index is 12.7. The first kappa shape index (κ1) is 20.7. The summed E-state index contributed by atoms with van der Waals surface area (Å²) in [5.41, 5.74) is 1.63. The molecular formula is C19H28N4O4S. The molecule has 3 rings (SSSR count). The summed E-state index contributed by atoms with van der Waals surface area (Å²) in [6.07, 6.45) is 1.35. The summed E-state index contributed by atoms with van der Waals surface area (Å²) in [5.74, 6) is 0.202. The van der Waals surface area contributed by atoms with Gasteiger partial charge in [0.15, 0.2) is 0 Å².